The van der Waals surface area contributed by atoms with E-state index in [0.29, 0.717) is 10.5 Å². The first-order valence-corrected chi connectivity index (χ1v) is 6.09. The van der Waals surface area contributed by atoms with E-state index in [1.165, 1.54) is 12.1 Å². The van der Waals surface area contributed by atoms with Crippen LogP contribution >= 0.6 is 11.8 Å². The highest BCUT2D eigenvalue weighted by atomic mass is 32.2. The molecule has 1 saturated heterocycles. The minimum Gasteiger partial charge on any atom is -0.301 e. The Balaban J connectivity index is 2.20. The van der Waals surface area contributed by atoms with Crippen LogP contribution in [0, 0.1) is 15.5 Å². The second-order valence-corrected chi connectivity index (χ2v) is 4.64. The summed E-state index contributed by atoms with van der Waals surface area (Å²) in [5.41, 5.74) is 0.469. The summed E-state index contributed by atoms with van der Waals surface area (Å²) in [6.07, 6.45) is 4.64. The van der Waals surface area contributed by atoms with Crippen molar-refractivity contribution in [3.05, 3.63) is 57.0 Å². The van der Waals surface area contributed by atoms with E-state index in [0.717, 1.165) is 11.8 Å². The molecule has 1 fully saturated rings. The summed E-state index contributed by atoms with van der Waals surface area (Å²) in [7, 11) is 0. The molecule has 1 heterocycles. The lowest BCUT2D eigenvalue weighted by molar-refractivity contribution is -0.385. The van der Waals surface area contributed by atoms with Gasteiger partial charge in [-0.25, -0.2) is 0 Å². The van der Waals surface area contributed by atoms with Crippen LogP contribution in [0.25, 0.3) is 6.08 Å². The van der Waals surface area contributed by atoms with E-state index in [1.54, 1.807) is 30.4 Å². The lowest BCUT2D eigenvalue weighted by Crippen LogP contribution is -2.18. The maximum Gasteiger partial charge on any atom is 0.276 e. The van der Waals surface area contributed by atoms with Gasteiger partial charge in [-0.1, -0.05) is 18.2 Å². The van der Waals surface area contributed by atoms with Crippen LogP contribution < -0.4 is 5.32 Å². The fourth-order valence-electron chi connectivity index (χ4n) is 1.49. The number of nitrogens with one attached hydrogen (secondary N) is 2. The number of benzene rings is 1. The lowest BCUT2D eigenvalue weighted by Gasteiger charge is -1.95. The molecule has 1 aromatic carbocycles. The van der Waals surface area contributed by atoms with Crippen LogP contribution in [-0.4, -0.2) is 16.0 Å². The Morgan fingerprint density at radius 2 is 2.11 bits per heavy atom. The van der Waals surface area contributed by atoms with Crippen LogP contribution in [0.2, 0.25) is 0 Å². The molecule has 0 unspecified atom stereocenters. The van der Waals surface area contributed by atoms with Crippen LogP contribution in [0.3, 0.4) is 0 Å². The predicted molar refractivity (Wildman–Crippen MR) is 73.7 cm³/mol. The molecule has 1 aliphatic heterocycles. The minimum atomic E-state index is -0.459. The molecule has 0 radical (unpaired) electrons. The molecule has 96 valence electrons. The van der Waals surface area contributed by atoms with Crippen molar-refractivity contribution in [2.45, 2.75) is 0 Å². The van der Waals surface area contributed by atoms with Crippen molar-refractivity contribution in [2.24, 2.45) is 0 Å². The topological polar surface area (TPSA) is 96.1 Å². The van der Waals surface area contributed by atoms with E-state index in [4.69, 9.17) is 5.41 Å². The number of rotatable bonds is 3. The van der Waals surface area contributed by atoms with Crippen LogP contribution in [0.1, 0.15) is 5.56 Å². The second-order valence-electron chi connectivity index (χ2n) is 3.59. The maximum absolute atomic E-state index is 11.3. The zero-order valence-electron chi connectivity index (χ0n) is 9.62. The average Bonchev–Trinajstić information content (AvgIpc) is 2.68. The van der Waals surface area contributed by atoms with Crippen molar-refractivity contribution in [3.63, 3.8) is 0 Å². The highest BCUT2D eigenvalue weighted by molar-refractivity contribution is 8.18. The SMILES string of the molecule is N=C1NC(=O)/C(=C/C=C/c2ccccc2[N+](=O)[O-])S1. The van der Waals surface area contributed by atoms with Gasteiger partial charge in [0.05, 0.1) is 15.4 Å². The molecule has 1 aromatic rings. The maximum atomic E-state index is 11.3. The Kier molecular flexibility index (Phi) is 3.76. The molecule has 0 spiro atoms. The van der Waals surface area contributed by atoms with Crippen LogP contribution in [0.15, 0.2) is 41.3 Å². The van der Waals surface area contributed by atoms with Gasteiger partial charge in [-0.3, -0.25) is 20.3 Å². The Morgan fingerprint density at radius 3 is 2.74 bits per heavy atom. The van der Waals surface area contributed by atoms with Gasteiger partial charge >= 0.3 is 0 Å². The zero-order chi connectivity index (χ0) is 13.8. The second kappa shape index (κ2) is 5.49. The molecule has 6 nitrogen and oxygen atoms in total. The van der Waals surface area contributed by atoms with Gasteiger partial charge in [-0.05, 0) is 30.0 Å². The van der Waals surface area contributed by atoms with Crippen molar-refractivity contribution in [1.29, 1.82) is 5.41 Å². The average molecular weight is 275 g/mol. The quantitative estimate of drug-likeness (QED) is 0.502. The van der Waals surface area contributed by atoms with Gasteiger partial charge in [0.2, 0.25) is 0 Å². The number of allylic oxidation sites excluding steroid dienone is 2. The molecule has 7 heteroatoms. The first-order chi connectivity index (χ1) is 9.08. The molecule has 1 amide bonds. The number of para-hydroxylation sites is 1. The van der Waals surface area contributed by atoms with Crippen molar-refractivity contribution < 1.29 is 9.72 Å². The van der Waals surface area contributed by atoms with E-state index < -0.39 is 4.92 Å². The normalized spacial score (nSPS) is 17.2. The highest BCUT2D eigenvalue weighted by Gasteiger charge is 2.21. The Labute approximate surface area is 112 Å². The molecule has 0 aromatic heterocycles. The van der Waals surface area contributed by atoms with Crippen LogP contribution in [0.4, 0.5) is 5.69 Å². The van der Waals surface area contributed by atoms with E-state index in [-0.39, 0.29) is 16.8 Å². The number of thioether (sulfide) groups is 1. The summed E-state index contributed by atoms with van der Waals surface area (Å²) in [6.45, 7) is 0. The first-order valence-electron chi connectivity index (χ1n) is 5.27. The van der Waals surface area contributed by atoms with Gasteiger partial charge in [-0.15, -0.1) is 0 Å². The minimum absolute atomic E-state index is 0.00780. The first kappa shape index (κ1) is 13.0. The number of carbonyl (C=O) groups excluding carboxylic acids is 1. The van der Waals surface area contributed by atoms with Crippen molar-refractivity contribution in [3.8, 4) is 0 Å². The number of nitrogens with zero attached hydrogens (tertiary/aromatic N) is 1. The summed E-state index contributed by atoms with van der Waals surface area (Å²) in [5.74, 6) is -0.331. The number of nitro groups is 1. The lowest BCUT2D eigenvalue weighted by atomic mass is 10.1. The van der Waals surface area contributed by atoms with E-state index in [2.05, 4.69) is 5.32 Å². The van der Waals surface area contributed by atoms with Gasteiger partial charge in [0, 0.05) is 6.07 Å². The molecule has 2 N–H and O–H groups in total. The van der Waals surface area contributed by atoms with Gasteiger partial charge in [-0.2, -0.15) is 0 Å². The smallest absolute Gasteiger partial charge is 0.276 e. The third kappa shape index (κ3) is 3.08. The molecular formula is C12H9N3O3S. The predicted octanol–water partition coefficient (Wildman–Crippen LogP) is 2.29. The van der Waals surface area contributed by atoms with Gasteiger partial charge in [0.15, 0.2) is 5.17 Å². The van der Waals surface area contributed by atoms with Crippen molar-refractivity contribution in [1.82, 2.24) is 5.32 Å². The number of hydrogen-bond acceptors (Lipinski definition) is 5. The molecule has 0 bridgehead atoms. The standard InChI is InChI=1S/C12H9N3O3S/c13-12-14-11(16)10(19-12)7-3-5-8-4-1-2-6-9(8)15(17)18/h1-7H,(H2,13,14,16)/b5-3+,10-7-. The Hall–Kier alpha value is -2.41. The largest absolute Gasteiger partial charge is 0.301 e. The number of amidine groups is 1. The summed E-state index contributed by atoms with van der Waals surface area (Å²) in [5, 5.41) is 20.5. The van der Waals surface area contributed by atoms with E-state index in [9.17, 15) is 14.9 Å². The molecule has 0 aliphatic carbocycles. The Morgan fingerprint density at radius 1 is 1.37 bits per heavy atom. The highest BCUT2D eigenvalue weighted by Crippen LogP contribution is 2.23. The van der Waals surface area contributed by atoms with E-state index in [1.807, 2.05) is 0 Å². The number of nitro benzene ring substituents is 1. The molecule has 19 heavy (non-hydrogen) atoms. The summed E-state index contributed by atoms with van der Waals surface area (Å²) < 4.78 is 0. The van der Waals surface area contributed by atoms with Crippen LogP contribution in [-0.2, 0) is 4.79 Å². The fraction of sp³-hybridized carbons (Fsp3) is 0. The third-order valence-electron chi connectivity index (χ3n) is 2.32. The van der Waals surface area contributed by atoms with Crippen molar-refractivity contribution >= 4 is 34.6 Å². The molecular weight excluding hydrogens is 266 g/mol. The van der Waals surface area contributed by atoms with Gasteiger partial charge < -0.3 is 5.32 Å². The molecule has 1 aliphatic rings. The summed E-state index contributed by atoms with van der Waals surface area (Å²) >= 11 is 1.02. The number of hydrogen-bond donors (Lipinski definition) is 2. The molecule has 2 rings (SSSR count). The van der Waals surface area contributed by atoms with Crippen LogP contribution in [0.5, 0.6) is 0 Å². The Bertz CT molecular complexity index is 622. The number of amides is 1. The summed E-state index contributed by atoms with van der Waals surface area (Å²) in [4.78, 5) is 22.0. The monoisotopic (exact) mass is 275 g/mol. The van der Waals surface area contributed by atoms with E-state index >= 15 is 0 Å². The van der Waals surface area contributed by atoms with Gasteiger partial charge in [0.25, 0.3) is 11.6 Å². The fourth-order valence-corrected chi connectivity index (χ4v) is 2.14. The van der Waals surface area contributed by atoms with Gasteiger partial charge in [0.1, 0.15) is 0 Å². The summed E-state index contributed by atoms with van der Waals surface area (Å²) in [6, 6.07) is 6.33. The molecule has 0 saturated carbocycles. The van der Waals surface area contributed by atoms with Crippen molar-refractivity contribution in [2.75, 3.05) is 0 Å². The number of carbonyl (C=O) groups is 1. The third-order valence-corrected chi connectivity index (χ3v) is 3.17. The molecule has 0 atom stereocenters. The zero-order valence-corrected chi connectivity index (χ0v) is 10.4.